The van der Waals surface area contributed by atoms with Gasteiger partial charge in [-0.15, -0.1) is 10.2 Å². The third-order valence-electron chi connectivity index (χ3n) is 5.79. The van der Waals surface area contributed by atoms with Crippen LogP contribution in [0.15, 0.2) is 77.7 Å². The van der Waals surface area contributed by atoms with Crippen LogP contribution in [0.2, 0.25) is 0 Å². The van der Waals surface area contributed by atoms with Crippen molar-refractivity contribution in [3.8, 4) is 11.3 Å². The fourth-order valence-corrected chi connectivity index (χ4v) is 5.56. The minimum absolute atomic E-state index is 0.130. The van der Waals surface area contributed by atoms with Gasteiger partial charge in [-0.2, -0.15) is 4.31 Å². The van der Waals surface area contributed by atoms with Gasteiger partial charge in [0.25, 0.3) is 0 Å². The van der Waals surface area contributed by atoms with Crippen LogP contribution in [-0.2, 0) is 10.0 Å². The van der Waals surface area contributed by atoms with E-state index in [9.17, 15) is 17.2 Å². The lowest BCUT2D eigenvalue weighted by atomic mass is 10.0. The molecule has 33 heavy (non-hydrogen) atoms. The molecule has 9 heteroatoms. The van der Waals surface area contributed by atoms with E-state index in [1.165, 1.54) is 4.31 Å². The minimum atomic E-state index is -4.13. The van der Waals surface area contributed by atoms with Crippen molar-refractivity contribution < 1.29 is 17.2 Å². The van der Waals surface area contributed by atoms with E-state index in [0.29, 0.717) is 25.0 Å². The Labute approximate surface area is 190 Å². The number of aromatic nitrogens is 2. The normalized spacial score (nSPS) is 15.2. The molecule has 0 unspecified atom stereocenters. The van der Waals surface area contributed by atoms with E-state index >= 15 is 0 Å². The van der Waals surface area contributed by atoms with Gasteiger partial charge >= 0.3 is 0 Å². The SMILES string of the molecule is O=S(=O)(c1cc(F)ccc1F)N1CCN(c2ccc(-c3cccc4ccccc34)nn2)CC1. The highest BCUT2D eigenvalue weighted by Gasteiger charge is 2.31. The van der Waals surface area contributed by atoms with Crippen LogP contribution in [-0.4, -0.2) is 49.1 Å². The summed E-state index contributed by atoms with van der Waals surface area (Å²) in [5, 5.41) is 11.0. The number of benzene rings is 3. The van der Waals surface area contributed by atoms with Gasteiger partial charge in [-0.25, -0.2) is 17.2 Å². The zero-order valence-electron chi connectivity index (χ0n) is 17.5. The van der Waals surface area contributed by atoms with Crippen LogP contribution < -0.4 is 4.90 Å². The van der Waals surface area contributed by atoms with Crippen molar-refractivity contribution in [3.05, 3.63) is 84.4 Å². The molecule has 0 spiro atoms. The lowest BCUT2D eigenvalue weighted by Gasteiger charge is -2.34. The van der Waals surface area contributed by atoms with E-state index < -0.39 is 26.6 Å². The Bertz CT molecular complexity index is 1420. The van der Waals surface area contributed by atoms with Crippen molar-refractivity contribution in [2.75, 3.05) is 31.1 Å². The van der Waals surface area contributed by atoms with Gasteiger partial charge in [0.15, 0.2) is 5.82 Å². The third-order valence-corrected chi connectivity index (χ3v) is 7.70. The molecule has 0 atom stereocenters. The first kappa shape index (κ1) is 21.4. The van der Waals surface area contributed by atoms with Crippen molar-refractivity contribution >= 4 is 26.6 Å². The summed E-state index contributed by atoms with van der Waals surface area (Å²) in [7, 11) is -4.13. The maximum Gasteiger partial charge on any atom is 0.246 e. The highest BCUT2D eigenvalue weighted by Crippen LogP contribution is 2.28. The predicted molar refractivity (Wildman–Crippen MR) is 122 cm³/mol. The van der Waals surface area contributed by atoms with Gasteiger partial charge in [-0.1, -0.05) is 42.5 Å². The van der Waals surface area contributed by atoms with Gasteiger partial charge in [0.1, 0.15) is 16.5 Å². The average molecular weight is 467 g/mol. The van der Waals surface area contributed by atoms with E-state index in [0.717, 1.165) is 34.2 Å². The van der Waals surface area contributed by atoms with E-state index in [1.54, 1.807) is 0 Å². The fraction of sp³-hybridized carbons (Fsp3) is 0.167. The Morgan fingerprint density at radius 3 is 2.30 bits per heavy atom. The first-order valence-corrected chi connectivity index (χ1v) is 11.9. The second-order valence-electron chi connectivity index (χ2n) is 7.77. The molecule has 168 valence electrons. The van der Waals surface area contributed by atoms with Gasteiger partial charge in [0.2, 0.25) is 10.0 Å². The molecule has 3 aromatic carbocycles. The lowest BCUT2D eigenvalue weighted by molar-refractivity contribution is 0.380. The number of anilines is 1. The Morgan fingerprint density at radius 2 is 1.55 bits per heavy atom. The van der Waals surface area contributed by atoms with Crippen molar-refractivity contribution in [1.82, 2.24) is 14.5 Å². The second-order valence-corrected chi connectivity index (χ2v) is 9.68. The minimum Gasteiger partial charge on any atom is -0.352 e. The predicted octanol–water partition coefficient (Wildman–Crippen LogP) is 4.09. The Morgan fingerprint density at radius 1 is 0.788 bits per heavy atom. The summed E-state index contributed by atoms with van der Waals surface area (Å²) in [6, 6.07) is 20.3. The molecule has 0 aliphatic carbocycles. The summed E-state index contributed by atoms with van der Waals surface area (Å²) in [6.07, 6.45) is 0. The summed E-state index contributed by atoms with van der Waals surface area (Å²) >= 11 is 0. The van der Waals surface area contributed by atoms with Crippen LogP contribution in [0.25, 0.3) is 22.0 Å². The fourth-order valence-electron chi connectivity index (χ4n) is 4.06. The van der Waals surface area contributed by atoms with Crippen molar-refractivity contribution in [2.24, 2.45) is 0 Å². The maximum absolute atomic E-state index is 14.0. The molecule has 6 nitrogen and oxygen atoms in total. The van der Waals surface area contributed by atoms with E-state index in [-0.39, 0.29) is 13.1 Å². The van der Waals surface area contributed by atoms with Crippen molar-refractivity contribution in [3.63, 3.8) is 0 Å². The van der Waals surface area contributed by atoms with Gasteiger partial charge < -0.3 is 4.90 Å². The largest absolute Gasteiger partial charge is 0.352 e. The third kappa shape index (κ3) is 4.05. The molecule has 1 aliphatic rings. The number of hydrogen-bond donors (Lipinski definition) is 0. The average Bonchev–Trinajstić information content (AvgIpc) is 2.85. The van der Waals surface area contributed by atoms with E-state index in [4.69, 9.17) is 0 Å². The number of fused-ring (bicyclic) bond motifs is 1. The molecule has 1 saturated heterocycles. The summed E-state index contributed by atoms with van der Waals surface area (Å²) in [5.41, 5.74) is 1.73. The molecule has 5 rings (SSSR count). The van der Waals surface area contributed by atoms with Crippen LogP contribution >= 0.6 is 0 Å². The zero-order valence-corrected chi connectivity index (χ0v) is 18.3. The molecule has 2 heterocycles. The Balaban J connectivity index is 1.32. The monoisotopic (exact) mass is 466 g/mol. The first-order valence-electron chi connectivity index (χ1n) is 10.5. The van der Waals surface area contributed by atoms with E-state index in [1.807, 2.05) is 59.5 Å². The topological polar surface area (TPSA) is 66.4 Å². The van der Waals surface area contributed by atoms with Crippen LogP contribution in [0.1, 0.15) is 0 Å². The quantitative estimate of drug-likeness (QED) is 0.453. The Hall–Kier alpha value is -3.43. The molecule has 0 saturated carbocycles. The van der Waals surface area contributed by atoms with Crippen molar-refractivity contribution in [2.45, 2.75) is 4.90 Å². The number of sulfonamides is 1. The molecule has 1 fully saturated rings. The molecule has 4 aromatic rings. The number of hydrogen-bond acceptors (Lipinski definition) is 5. The van der Waals surface area contributed by atoms with Crippen LogP contribution in [0, 0.1) is 11.6 Å². The lowest BCUT2D eigenvalue weighted by Crippen LogP contribution is -2.49. The summed E-state index contributed by atoms with van der Waals surface area (Å²) < 4.78 is 54.3. The first-order chi connectivity index (χ1) is 15.9. The van der Waals surface area contributed by atoms with Gasteiger partial charge in [-0.3, -0.25) is 0 Å². The molecular formula is C24H20F2N4O2S. The van der Waals surface area contributed by atoms with Crippen molar-refractivity contribution in [1.29, 1.82) is 0 Å². The second kappa shape index (κ2) is 8.49. The highest BCUT2D eigenvalue weighted by molar-refractivity contribution is 7.89. The number of rotatable bonds is 4. The zero-order chi connectivity index (χ0) is 23.0. The molecular weight excluding hydrogens is 446 g/mol. The molecule has 1 aliphatic heterocycles. The number of piperazine rings is 1. The van der Waals surface area contributed by atoms with Gasteiger partial charge in [-0.05, 0) is 41.1 Å². The molecule has 0 N–H and O–H groups in total. The molecule has 0 bridgehead atoms. The maximum atomic E-state index is 14.0. The van der Waals surface area contributed by atoms with Crippen LogP contribution in [0.3, 0.4) is 0 Å². The van der Waals surface area contributed by atoms with Crippen LogP contribution in [0.4, 0.5) is 14.6 Å². The van der Waals surface area contributed by atoms with E-state index in [2.05, 4.69) is 10.2 Å². The standard InChI is InChI=1S/C24H20F2N4O2S/c25-18-8-9-21(26)23(16-18)33(31,32)30-14-12-29(13-15-30)24-11-10-22(27-28-24)20-7-3-5-17-4-1-2-6-19(17)20/h1-11,16H,12-15H2. The Kier molecular flexibility index (Phi) is 5.51. The van der Waals surface area contributed by atoms with Gasteiger partial charge in [0, 0.05) is 31.7 Å². The highest BCUT2D eigenvalue weighted by atomic mass is 32.2. The summed E-state index contributed by atoms with van der Waals surface area (Å²) in [6.45, 7) is 0.979. The number of halogens is 2. The summed E-state index contributed by atoms with van der Waals surface area (Å²) in [4.78, 5) is 1.28. The summed E-state index contributed by atoms with van der Waals surface area (Å²) in [5.74, 6) is -1.13. The smallest absolute Gasteiger partial charge is 0.246 e. The molecule has 0 radical (unpaired) electrons. The van der Waals surface area contributed by atoms with Crippen LogP contribution in [0.5, 0.6) is 0 Å². The van der Waals surface area contributed by atoms with Gasteiger partial charge in [0.05, 0.1) is 5.69 Å². The number of nitrogens with zero attached hydrogens (tertiary/aromatic N) is 4. The molecule has 0 amide bonds. The molecule has 1 aromatic heterocycles.